The molecule has 0 bridgehead atoms. The maximum atomic E-state index is 11.9. The van der Waals surface area contributed by atoms with Crippen LogP contribution in [-0.2, 0) is 20.7 Å². The van der Waals surface area contributed by atoms with Crippen LogP contribution >= 0.6 is 0 Å². The molecule has 0 aliphatic carbocycles. The summed E-state index contributed by atoms with van der Waals surface area (Å²) in [5.41, 5.74) is 1.98. The van der Waals surface area contributed by atoms with Gasteiger partial charge in [-0.25, -0.2) is 4.79 Å². The molecule has 0 aliphatic rings. The number of carbonyl (C=O) groups excluding carboxylic acids is 2. The third-order valence-electron chi connectivity index (χ3n) is 3.43. The predicted octanol–water partition coefficient (Wildman–Crippen LogP) is 2.02. The average Bonchev–Trinajstić information content (AvgIpc) is 2.89. The average molecular weight is 288 g/mol. The zero-order valence-electron chi connectivity index (χ0n) is 12.5. The van der Waals surface area contributed by atoms with Crippen LogP contribution in [0, 0.1) is 5.92 Å². The number of carbonyl (C=O) groups is 2. The topological polar surface area (TPSA) is 71.2 Å². The number of aromatic nitrogens is 1. The summed E-state index contributed by atoms with van der Waals surface area (Å²) in [6.45, 7) is 3.57. The Morgan fingerprint density at radius 3 is 2.67 bits per heavy atom. The molecule has 1 aromatic carbocycles. The molecule has 2 aromatic rings. The minimum absolute atomic E-state index is 0.162. The van der Waals surface area contributed by atoms with Gasteiger partial charge >= 0.3 is 5.97 Å². The van der Waals surface area contributed by atoms with Crippen molar-refractivity contribution in [3.8, 4) is 0 Å². The lowest BCUT2D eigenvalue weighted by Gasteiger charge is -2.17. The molecule has 1 atom stereocenters. The first-order chi connectivity index (χ1) is 10.0. The number of fused-ring (bicyclic) bond motifs is 1. The number of aromatic amines is 1. The van der Waals surface area contributed by atoms with Gasteiger partial charge in [-0.15, -0.1) is 0 Å². The molecule has 0 aliphatic heterocycles. The Kier molecular flexibility index (Phi) is 4.62. The third-order valence-corrected chi connectivity index (χ3v) is 3.43. The summed E-state index contributed by atoms with van der Waals surface area (Å²) in [7, 11) is 1.33. The minimum atomic E-state index is -0.677. The quantitative estimate of drug-likeness (QED) is 0.827. The van der Waals surface area contributed by atoms with Crippen molar-refractivity contribution in [2.75, 3.05) is 7.11 Å². The fraction of sp³-hybridized carbons (Fsp3) is 0.375. The SMILES string of the molecule is COC(=O)[C@H](Cc1c[nH]c2ccccc12)NC(=O)C(C)C. The van der Waals surface area contributed by atoms with E-state index in [1.165, 1.54) is 7.11 Å². The Morgan fingerprint density at radius 1 is 1.29 bits per heavy atom. The lowest BCUT2D eigenvalue weighted by Crippen LogP contribution is -2.44. The second-order valence-corrected chi connectivity index (χ2v) is 5.30. The van der Waals surface area contributed by atoms with E-state index in [9.17, 15) is 9.59 Å². The molecule has 0 radical (unpaired) electrons. The standard InChI is InChI=1S/C16H20N2O3/c1-10(2)15(19)18-14(16(20)21-3)8-11-9-17-13-7-5-4-6-12(11)13/h4-7,9-10,14,17H,8H2,1-3H3,(H,18,19)/t14-/m0/s1. The molecule has 0 unspecified atom stereocenters. The van der Waals surface area contributed by atoms with Gasteiger partial charge in [0, 0.05) is 29.4 Å². The van der Waals surface area contributed by atoms with Gasteiger partial charge < -0.3 is 15.0 Å². The number of ether oxygens (including phenoxy) is 1. The Balaban J connectivity index is 2.22. The van der Waals surface area contributed by atoms with E-state index in [4.69, 9.17) is 4.74 Å². The molecule has 2 N–H and O–H groups in total. The normalized spacial score (nSPS) is 12.4. The van der Waals surface area contributed by atoms with Crippen molar-refractivity contribution in [2.24, 2.45) is 5.92 Å². The van der Waals surface area contributed by atoms with Crippen molar-refractivity contribution < 1.29 is 14.3 Å². The van der Waals surface area contributed by atoms with E-state index in [-0.39, 0.29) is 11.8 Å². The van der Waals surface area contributed by atoms with E-state index in [0.29, 0.717) is 6.42 Å². The molecule has 21 heavy (non-hydrogen) atoms. The first-order valence-corrected chi connectivity index (χ1v) is 6.96. The number of para-hydroxylation sites is 1. The Labute approximate surface area is 123 Å². The molecule has 1 aromatic heterocycles. The van der Waals surface area contributed by atoms with Crippen LogP contribution in [0.25, 0.3) is 10.9 Å². The summed E-state index contributed by atoms with van der Waals surface area (Å²) in [5.74, 6) is -0.778. The van der Waals surface area contributed by atoms with Crippen LogP contribution in [-0.4, -0.2) is 30.0 Å². The van der Waals surface area contributed by atoms with E-state index in [2.05, 4.69) is 10.3 Å². The second-order valence-electron chi connectivity index (χ2n) is 5.30. The molecule has 0 saturated heterocycles. The van der Waals surface area contributed by atoms with Gasteiger partial charge in [0.25, 0.3) is 0 Å². The van der Waals surface area contributed by atoms with Crippen molar-refractivity contribution in [3.05, 3.63) is 36.0 Å². The molecule has 0 fully saturated rings. The number of H-pyrrole nitrogens is 1. The molecular formula is C16H20N2O3. The molecule has 2 rings (SSSR count). The van der Waals surface area contributed by atoms with Crippen LogP contribution in [0.5, 0.6) is 0 Å². The first kappa shape index (κ1) is 15.1. The van der Waals surface area contributed by atoms with E-state index < -0.39 is 12.0 Å². The zero-order valence-corrected chi connectivity index (χ0v) is 12.5. The highest BCUT2D eigenvalue weighted by atomic mass is 16.5. The van der Waals surface area contributed by atoms with Crippen LogP contribution in [0.4, 0.5) is 0 Å². The van der Waals surface area contributed by atoms with Gasteiger partial charge in [-0.05, 0) is 11.6 Å². The molecule has 1 amide bonds. The van der Waals surface area contributed by atoms with Crippen LogP contribution < -0.4 is 5.32 Å². The summed E-state index contributed by atoms with van der Waals surface area (Å²) in [6, 6.07) is 7.17. The van der Waals surface area contributed by atoms with Gasteiger partial charge in [0.05, 0.1) is 7.11 Å². The third kappa shape index (κ3) is 3.42. The molecule has 0 spiro atoms. The van der Waals surface area contributed by atoms with Gasteiger partial charge in [-0.1, -0.05) is 32.0 Å². The Hall–Kier alpha value is -2.30. The maximum Gasteiger partial charge on any atom is 0.328 e. The number of hydrogen-bond donors (Lipinski definition) is 2. The number of methoxy groups -OCH3 is 1. The highest BCUT2D eigenvalue weighted by molar-refractivity contribution is 5.87. The number of nitrogens with one attached hydrogen (secondary N) is 2. The van der Waals surface area contributed by atoms with Gasteiger partial charge in [-0.3, -0.25) is 4.79 Å². The zero-order chi connectivity index (χ0) is 15.4. The van der Waals surface area contributed by atoms with Gasteiger partial charge in [0.15, 0.2) is 0 Å². The predicted molar refractivity (Wildman–Crippen MR) is 80.8 cm³/mol. The van der Waals surface area contributed by atoms with Crippen molar-refractivity contribution in [3.63, 3.8) is 0 Å². The van der Waals surface area contributed by atoms with Crippen molar-refractivity contribution in [2.45, 2.75) is 26.3 Å². The molecule has 1 heterocycles. The molecule has 0 saturated carbocycles. The van der Waals surface area contributed by atoms with Crippen LogP contribution in [0.3, 0.4) is 0 Å². The van der Waals surface area contributed by atoms with E-state index >= 15 is 0 Å². The number of benzene rings is 1. The highest BCUT2D eigenvalue weighted by Crippen LogP contribution is 2.19. The number of esters is 1. The second kappa shape index (κ2) is 6.43. The van der Waals surface area contributed by atoms with Crippen molar-refractivity contribution in [1.29, 1.82) is 0 Å². The largest absolute Gasteiger partial charge is 0.467 e. The number of amides is 1. The van der Waals surface area contributed by atoms with Gasteiger partial charge in [0.1, 0.15) is 6.04 Å². The van der Waals surface area contributed by atoms with E-state index in [1.54, 1.807) is 13.8 Å². The fourth-order valence-corrected chi connectivity index (χ4v) is 2.19. The molecule has 5 nitrogen and oxygen atoms in total. The molecular weight excluding hydrogens is 268 g/mol. The number of rotatable bonds is 5. The molecule has 5 heteroatoms. The summed E-state index contributed by atoms with van der Waals surface area (Å²) in [5, 5.41) is 3.79. The fourth-order valence-electron chi connectivity index (χ4n) is 2.19. The van der Waals surface area contributed by atoms with E-state index in [0.717, 1.165) is 16.5 Å². The summed E-state index contributed by atoms with van der Waals surface area (Å²) in [4.78, 5) is 26.9. The van der Waals surface area contributed by atoms with Gasteiger partial charge in [-0.2, -0.15) is 0 Å². The minimum Gasteiger partial charge on any atom is -0.467 e. The molecule has 112 valence electrons. The Bertz CT molecular complexity index is 646. The summed E-state index contributed by atoms with van der Waals surface area (Å²) < 4.78 is 4.79. The van der Waals surface area contributed by atoms with Gasteiger partial charge in [0.2, 0.25) is 5.91 Å². The highest BCUT2D eigenvalue weighted by Gasteiger charge is 2.24. The number of hydrogen-bond acceptors (Lipinski definition) is 3. The lowest BCUT2D eigenvalue weighted by atomic mass is 10.0. The lowest BCUT2D eigenvalue weighted by molar-refractivity contribution is -0.145. The van der Waals surface area contributed by atoms with Crippen molar-refractivity contribution in [1.82, 2.24) is 10.3 Å². The van der Waals surface area contributed by atoms with E-state index in [1.807, 2.05) is 30.5 Å². The van der Waals surface area contributed by atoms with Crippen LogP contribution in [0.15, 0.2) is 30.5 Å². The Morgan fingerprint density at radius 2 is 2.00 bits per heavy atom. The maximum absolute atomic E-state index is 11.9. The first-order valence-electron chi connectivity index (χ1n) is 6.96. The smallest absolute Gasteiger partial charge is 0.328 e. The van der Waals surface area contributed by atoms with Crippen molar-refractivity contribution >= 4 is 22.8 Å². The summed E-state index contributed by atoms with van der Waals surface area (Å²) >= 11 is 0. The summed E-state index contributed by atoms with van der Waals surface area (Å²) in [6.07, 6.45) is 2.26. The van der Waals surface area contributed by atoms with Crippen LogP contribution in [0.1, 0.15) is 19.4 Å². The van der Waals surface area contributed by atoms with Crippen LogP contribution in [0.2, 0.25) is 0 Å². The monoisotopic (exact) mass is 288 g/mol.